The molecule has 0 atom stereocenters. The van der Waals surface area contributed by atoms with Gasteiger partial charge in [-0.2, -0.15) is 0 Å². The fraction of sp³-hybridized carbons (Fsp3) is 0.774. The van der Waals surface area contributed by atoms with Gasteiger partial charge in [-0.1, -0.05) is 185 Å². The molecule has 330 valence electrons. The van der Waals surface area contributed by atoms with Gasteiger partial charge in [0.05, 0.1) is 0 Å². The summed E-state index contributed by atoms with van der Waals surface area (Å²) in [5, 5.41) is 0. The van der Waals surface area contributed by atoms with Gasteiger partial charge < -0.3 is 18.6 Å². The molecule has 0 amide bonds. The molecular weight excluding hydrogens is 722 g/mol. The van der Waals surface area contributed by atoms with Crippen molar-refractivity contribution in [1.82, 2.24) is 0 Å². The first-order valence-electron chi connectivity index (χ1n) is 25.8. The van der Waals surface area contributed by atoms with Crippen LogP contribution in [0, 0.1) is 23.7 Å². The van der Waals surface area contributed by atoms with Crippen LogP contribution in [0.5, 0.6) is 0 Å². The molecule has 0 radical (unpaired) electrons. The lowest BCUT2D eigenvalue weighted by atomic mass is 9.74. The largest absolute Gasteiger partial charge is 0.493 e. The summed E-state index contributed by atoms with van der Waals surface area (Å²) >= 11 is 0. The molecule has 0 spiro atoms. The van der Waals surface area contributed by atoms with Crippen LogP contribution in [0.3, 0.4) is 0 Å². The molecule has 0 bridgehead atoms. The SMILES string of the molecule is CCCCCCCC1COB(c2ccc(C3CCC(CCC)CC3)cc2)OC1.CCCCCCCCCCC1COB(c2ccc(C3CCC(CCC)CC3)cc2)OC1. The van der Waals surface area contributed by atoms with Gasteiger partial charge in [0, 0.05) is 38.3 Å². The molecule has 0 aromatic heterocycles. The van der Waals surface area contributed by atoms with Crippen molar-refractivity contribution in [2.24, 2.45) is 23.7 Å². The lowest BCUT2D eigenvalue weighted by molar-refractivity contribution is 0.0808. The van der Waals surface area contributed by atoms with Crippen LogP contribution in [0.15, 0.2) is 48.5 Å². The average molecular weight is 811 g/mol. The Morgan fingerprint density at radius 2 is 0.678 bits per heavy atom. The predicted molar refractivity (Wildman–Crippen MR) is 254 cm³/mol. The molecule has 59 heavy (non-hydrogen) atoms. The molecule has 0 N–H and O–H groups in total. The lowest BCUT2D eigenvalue weighted by Crippen LogP contribution is -2.44. The molecule has 2 saturated carbocycles. The highest BCUT2D eigenvalue weighted by Gasteiger charge is 2.31. The zero-order valence-corrected chi connectivity index (χ0v) is 38.8. The van der Waals surface area contributed by atoms with Gasteiger partial charge >= 0.3 is 14.2 Å². The second-order valence-electron chi connectivity index (χ2n) is 19.5. The van der Waals surface area contributed by atoms with Gasteiger partial charge in [-0.15, -0.1) is 0 Å². The van der Waals surface area contributed by atoms with Crippen LogP contribution < -0.4 is 10.9 Å². The van der Waals surface area contributed by atoms with E-state index in [1.807, 2.05) is 0 Å². The topological polar surface area (TPSA) is 36.9 Å². The zero-order valence-electron chi connectivity index (χ0n) is 38.8. The second-order valence-corrected chi connectivity index (χ2v) is 19.5. The molecule has 4 fully saturated rings. The second kappa shape index (κ2) is 28.9. The number of rotatable bonds is 23. The minimum atomic E-state index is -0.163. The third kappa shape index (κ3) is 17.6. The quantitative estimate of drug-likeness (QED) is 0.0828. The monoisotopic (exact) mass is 811 g/mol. The Labute approximate surface area is 365 Å². The summed E-state index contributed by atoms with van der Waals surface area (Å²) in [6.45, 7) is 12.6. The molecule has 4 aliphatic rings. The van der Waals surface area contributed by atoms with E-state index in [2.05, 4.69) is 76.2 Å². The maximum absolute atomic E-state index is 6.10. The third-order valence-corrected chi connectivity index (χ3v) is 14.6. The smallest absolute Gasteiger partial charge is 0.407 e. The summed E-state index contributed by atoms with van der Waals surface area (Å²) in [5.74, 6) is 4.62. The normalized spacial score (nSPS) is 23.3. The molecule has 2 aromatic rings. The van der Waals surface area contributed by atoms with Crippen LogP contribution >= 0.6 is 0 Å². The molecule has 2 aromatic carbocycles. The minimum absolute atomic E-state index is 0.161. The molecule has 6 heteroatoms. The first-order chi connectivity index (χ1) is 29.1. The summed E-state index contributed by atoms with van der Waals surface area (Å²) in [4.78, 5) is 0. The van der Waals surface area contributed by atoms with Gasteiger partial charge in [0.1, 0.15) is 0 Å². The van der Waals surface area contributed by atoms with Crippen LogP contribution in [-0.2, 0) is 18.6 Å². The summed E-state index contributed by atoms with van der Waals surface area (Å²) in [6, 6.07) is 18.3. The fourth-order valence-electron chi connectivity index (χ4n) is 10.6. The van der Waals surface area contributed by atoms with E-state index in [0.717, 1.165) is 50.1 Å². The molecule has 2 saturated heterocycles. The van der Waals surface area contributed by atoms with Crippen molar-refractivity contribution >= 4 is 25.2 Å². The van der Waals surface area contributed by atoms with E-state index in [9.17, 15) is 0 Å². The maximum atomic E-state index is 6.10. The Kier molecular flexibility index (Phi) is 23.7. The predicted octanol–water partition coefficient (Wildman–Crippen LogP) is 14.1. The van der Waals surface area contributed by atoms with Gasteiger partial charge in [0.2, 0.25) is 0 Å². The molecule has 2 heterocycles. The Morgan fingerprint density at radius 1 is 0.356 bits per heavy atom. The zero-order chi connectivity index (χ0) is 41.3. The Balaban J connectivity index is 0.000000225. The third-order valence-electron chi connectivity index (χ3n) is 14.6. The molecular formula is C53H88B2O4. The highest BCUT2D eigenvalue weighted by Crippen LogP contribution is 2.38. The van der Waals surface area contributed by atoms with Gasteiger partial charge in [-0.25, -0.2) is 0 Å². The number of benzene rings is 2. The van der Waals surface area contributed by atoms with E-state index in [4.69, 9.17) is 18.6 Å². The first kappa shape index (κ1) is 48.4. The summed E-state index contributed by atoms with van der Waals surface area (Å²) in [6.07, 6.45) is 36.9. The van der Waals surface area contributed by atoms with E-state index in [-0.39, 0.29) is 14.2 Å². The standard InChI is InChI=1S/C28H47BO2.C25H41BO2/c1-3-5-6-7-8-9-10-11-13-25-22-30-29(31-23-25)28-20-18-27(19-21-28)26-16-14-24(12-4-2)15-17-26;1-3-5-6-7-8-10-22-19-27-26(28-20-22)25-17-15-24(16-18-25)23-13-11-21(9-4-2)12-14-23/h18-21,24-26H,3-17,22-23H2,1-2H3;15-18,21-23H,3-14,19-20H2,1-2H3. The minimum Gasteiger partial charge on any atom is -0.407 e. The van der Waals surface area contributed by atoms with Gasteiger partial charge in [-0.3, -0.25) is 0 Å². The number of hydrogen-bond acceptors (Lipinski definition) is 4. The summed E-state index contributed by atoms with van der Waals surface area (Å²) < 4.78 is 24.3. The van der Waals surface area contributed by atoms with Crippen molar-refractivity contribution in [2.75, 3.05) is 26.4 Å². The van der Waals surface area contributed by atoms with Crippen LogP contribution in [0.1, 0.15) is 224 Å². The summed E-state index contributed by atoms with van der Waals surface area (Å²) in [5.41, 5.74) is 5.40. The Bertz CT molecular complexity index is 1300. The van der Waals surface area contributed by atoms with E-state index in [1.165, 1.54) is 195 Å². The van der Waals surface area contributed by atoms with Crippen molar-refractivity contribution in [3.63, 3.8) is 0 Å². The van der Waals surface area contributed by atoms with Crippen LogP contribution in [0.25, 0.3) is 0 Å². The van der Waals surface area contributed by atoms with E-state index in [1.54, 1.807) is 0 Å². The molecule has 2 aliphatic heterocycles. The highest BCUT2D eigenvalue weighted by atomic mass is 16.6. The Morgan fingerprint density at radius 3 is 1.00 bits per heavy atom. The summed E-state index contributed by atoms with van der Waals surface area (Å²) in [7, 11) is -0.324. The van der Waals surface area contributed by atoms with Crippen molar-refractivity contribution < 1.29 is 18.6 Å². The fourth-order valence-corrected chi connectivity index (χ4v) is 10.6. The van der Waals surface area contributed by atoms with Crippen LogP contribution in [-0.4, -0.2) is 40.7 Å². The molecule has 0 unspecified atom stereocenters. The van der Waals surface area contributed by atoms with Crippen molar-refractivity contribution in [3.05, 3.63) is 59.7 Å². The van der Waals surface area contributed by atoms with Crippen LogP contribution in [0.4, 0.5) is 0 Å². The molecule has 2 aliphatic carbocycles. The van der Waals surface area contributed by atoms with E-state index in [0.29, 0.717) is 11.8 Å². The van der Waals surface area contributed by atoms with Gasteiger partial charge in [0.15, 0.2) is 0 Å². The number of unbranched alkanes of at least 4 members (excludes halogenated alkanes) is 11. The number of hydrogen-bond donors (Lipinski definition) is 0. The van der Waals surface area contributed by atoms with Crippen LogP contribution in [0.2, 0.25) is 0 Å². The molecule has 6 rings (SSSR count). The lowest BCUT2D eigenvalue weighted by Gasteiger charge is -2.29. The highest BCUT2D eigenvalue weighted by molar-refractivity contribution is 6.61. The van der Waals surface area contributed by atoms with E-state index < -0.39 is 0 Å². The van der Waals surface area contributed by atoms with Crippen molar-refractivity contribution in [3.8, 4) is 0 Å². The van der Waals surface area contributed by atoms with Gasteiger partial charge in [0.25, 0.3) is 0 Å². The average Bonchev–Trinajstić information content (AvgIpc) is 3.29. The Hall–Kier alpha value is -1.59. The van der Waals surface area contributed by atoms with E-state index >= 15 is 0 Å². The van der Waals surface area contributed by atoms with Crippen molar-refractivity contribution in [2.45, 2.75) is 213 Å². The van der Waals surface area contributed by atoms with Crippen molar-refractivity contribution in [1.29, 1.82) is 0 Å². The van der Waals surface area contributed by atoms with Gasteiger partial charge in [-0.05, 0) is 110 Å². The first-order valence-corrected chi connectivity index (χ1v) is 25.8. The maximum Gasteiger partial charge on any atom is 0.493 e. The molecule has 4 nitrogen and oxygen atoms in total.